The maximum absolute atomic E-state index is 13.2. The Bertz CT molecular complexity index is 1470. The molecule has 0 aliphatic heterocycles. The van der Waals surface area contributed by atoms with E-state index in [2.05, 4.69) is 10.6 Å². The van der Waals surface area contributed by atoms with Crippen molar-refractivity contribution in [2.75, 3.05) is 10.6 Å². The summed E-state index contributed by atoms with van der Waals surface area (Å²) in [7, 11) is 2.38. The van der Waals surface area contributed by atoms with Crippen molar-refractivity contribution in [1.29, 1.82) is 0 Å². The fourth-order valence-electron chi connectivity index (χ4n) is 4.06. The Morgan fingerprint density at radius 1 is 0.413 bits per heavy atom. The lowest BCUT2D eigenvalue weighted by atomic mass is 10.1. The third-order valence-corrected chi connectivity index (χ3v) is 8.87. The molecule has 0 saturated heterocycles. The summed E-state index contributed by atoms with van der Waals surface area (Å²) in [5, 5.41) is 5.22. The molecule has 246 valence electrons. The van der Waals surface area contributed by atoms with Crippen LogP contribution in [0.3, 0.4) is 0 Å². The van der Waals surface area contributed by atoms with Gasteiger partial charge < -0.3 is 10.6 Å². The van der Waals surface area contributed by atoms with Crippen LogP contribution in [0.1, 0.15) is 33.4 Å². The zero-order valence-electron chi connectivity index (χ0n) is 22.8. The van der Waals surface area contributed by atoms with E-state index in [0.717, 1.165) is 0 Å². The van der Waals surface area contributed by atoms with E-state index >= 15 is 0 Å². The lowest BCUT2D eigenvalue weighted by molar-refractivity contribution is -0.144. The van der Waals surface area contributed by atoms with Gasteiger partial charge in [0.05, 0.1) is 22.3 Å². The van der Waals surface area contributed by atoms with Crippen LogP contribution in [0.4, 0.5) is 64.1 Å². The number of hydrogen-bond acceptors (Lipinski definition) is 4. The van der Waals surface area contributed by atoms with Crippen molar-refractivity contribution in [2.45, 2.75) is 47.6 Å². The summed E-state index contributed by atoms with van der Waals surface area (Å²) < 4.78 is 159. The van der Waals surface area contributed by atoms with Gasteiger partial charge in [-0.15, -0.1) is 0 Å². The summed E-state index contributed by atoms with van der Waals surface area (Å²) in [6.07, 6.45) is -20.0. The summed E-state index contributed by atoms with van der Waals surface area (Å²) in [5.74, 6) is 0. The van der Waals surface area contributed by atoms with E-state index in [-0.39, 0.29) is 25.2 Å². The molecule has 2 nitrogen and oxygen atoms in total. The third kappa shape index (κ3) is 9.44. The van der Waals surface area contributed by atoms with E-state index in [9.17, 15) is 52.7 Å². The molecule has 0 spiro atoms. The van der Waals surface area contributed by atoms with Crippen molar-refractivity contribution < 1.29 is 52.7 Å². The van der Waals surface area contributed by atoms with Gasteiger partial charge in [-0.2, -0.15) is 52.7 Å². The molecule has 4 rings (SSSR count). The Labute approximate surface area is 262 Å². The van der Waals surface area contributed by atoms with Crippen molar-refractivity contribution >= 4 is 33.0 Å². The molecule has 16 heteroatoms. The van der Waals surface area contributed by atoms with Crippen LogP contribution in [0, 0.1) is 0 Å². The number of rotatable bonds is 9. The second-order valence-electron chi connectivity index (χ2n) is 9.68. The number of hydrogen-bond donors (Lipinski definition) is 2. The highest BCUT2D eigenvalue weighted by Crippen LogP contribution is 2.42. The quantitative estimate of drug-likeness (QED) is 0.134. The van der Waals surface area contributed by atoms with E-state index in [0.29, 0.717) is 45.2 Å². The Kier molecular flexibility index (Phi) is 10.4. The van der Waals surface area contributed by atoms with E-state index in [1.54, 1.807) is 48.5 Å². The zero-order valence-corrected chi connectivity index (χ0v) is 24.5. The van der Waals surface area contributed by atoms with Gasteiger partial charge >= 0.3 is 24.7 Å². The van der Waals surface area contributed by atoms with Crippen molar-refractivity contribution in [2.24, 2.45) is 0 Å². The average Bonchev–Trinajstić information content (AvgIpc) is 2.96. The molecule has 4 aromatic rings. The number of nitrogens with one attached hydrogen (secondary N) is 2. The summed E-state index contributed by atoms with van der Waals surface area (Å²) in [5.41, 5.74) is -5.58. The van der Waals surface area contributed by atoms with Gasteiger partial charge in [0, 0.05) is 34.3 Å². The Balaban J connectivity index is 1.49. The second kappa shape index (κ2) is 13.6. The summed E-state index contributed by atoms with van der Waals surface area (Å²) in [6, 6.07) is 15.5. The summed E-state index contributed by atoms with van der Waals surface area (Å²) >= 11 is 0. The number of alkyl halides is 12. The first-order chi connectivity index (χ1) is 21.3. The zero-order chi connectivity index (χ0) is 33.9. The lowest BCUT2D eigenvalue weighted by Crippen LogP contribution is -2.12. The van der Waals surface area contributed by atoms with Gasteiger partial charge in [-0.3, -0.25) is 0 Å². The number of halogens is 12. The van der Waals surface area contributed by atoms with Gasteiger partial charge in [0.15, 0.2) is 0 Å². The van der Waals surface area contributed by atoms with Gasteiger partial charge in [0.1, 0.15) is 0 Å². The molecule has 4 aromatic carbocycles. The van der Waals surface area contributed by atoms with Gasteiger partial charge in [0.2, 0.25) is 0 Å². The van der Waals surface area contributed by atoms with Gasteiger partial charge in [-0.25, -0.2) is 0 Å². The molecule has 0 aromatic heterocycles. The van der Waals surface area contributed by atoms with Crippen LogP contribution in [-0.4, -0.2) is 0 Å². The standard InChI is InChI=1S/C30H20F12N2S2/c31-27(32,33)19-9-20(28(34,35)36)12-23(11-19)43-15-17-5-1-3-7-25(17)45-46-26-8-4-2-6-18(26)16-44-24-13-21(29(37,38)39)10-22(14-24)30(40,41)42/h1-14,43-44H,15-16H2. The van der Waals surface area contributed by atoms with Crippen LogP contribution in [0.25, 0.3) is 0 Å². The van der Waals surface area contributed by atoms with E-state index in [1.807, 2.05) is 0 Å². The van der Waals surface area contributed by atoms with Crippen LogP contribution in [-0.2, 0) is 37.8 Å². The minimum atomic E-state index is -5.01. The monoisotopic (exact) mass is 700 g/mol. The molecule has 0 fully saturated rings. The lowest BCUT2D eigenvalue weighted by Gasteiger charge is -2.17. The van der Waals surface area contributed by atoms with Crippen LogP contribution in [0.2, 0.25) is 0 Å². The summed E-state index contributed by atoms with van der Waals surface area (Å²) in [4.78, 5) is 1.19. The predicted molar refractivity (Wildman–Crippen MR) is 152 cm³/mol. The maximum atomic E-state index is 13.2. The van der Waals surface area contributed by atoms with E-state index in [1.165, 1.54) is 21.6 Å². The van der Waals surface area contributed by atoms with Crippen LogP contribution >= 0.6 is 21.6 Å². The Morgan fingerprint density at radius 2 is 0.696 bits per heavy atom. The molecule has 0 aliphatic rings. The van der Waals surface area contributed by atoms with Gasteiger partial charge in [-0.05, 0) is 59.7 Å². The Hall–Kier alpha value is -3.66. The maximum Gasteiger partial charge on any atom is 0.416 e. The molecule has 46 heavy (non-hydrogen) atoms. The largest absolute Gasteiger partial charge is 0.416 e. The second-order valence-corrected chi connectivity index (χ2v) is 11.9. The van der Waals surface area contributed by atoms with Crippen LogP contribution in [0.5, 0.6) is 0 Å². The smallest absolute Gasteiger partial charge is 0.381 e. The molecule has 2 N–H and O–H groups in total. The van der Waals surface area contributed by atoms with E-state index < -0.39 is 58.3 Å². The molecule has 0 amide bonds. The minimum Gasteiger partial charge on any atom is -0.381 e. The first kappa shape index (κ1) is 35.2. The first-order valence-electron chi connectivity index (χ1n) is 12.9. The molecule has 0 bridgehead atoms. The molecular weight excluding hydrogens is 680 g/mol. The molecule has 0 heterocycles. The van der Waals surface area contributed by atoms with Crippen molar-refractivity contribution in [3.63, 3.8) is 0 Å². The SMILES string of the molecule is FC(F)(F)c1cc(NCc2ccccc2SSc2ccccc2CNc2cc(C(F)(F)F)cc(C(F)(F)F)c2)cc(C(F)(F)F)c1. The van der Waals surface area contributed by atoms with E-state index in [4.69, 9.17) is 0 Å². The molecule has 0 atom stereocenters. The normalized spacial score (nSPS) is 12.7. The first-order valence-corrected chi connectivity index (χ1v) is 15.0. The molecule has 0 unspecified atom stereocenters. The highest BCUT2D eigenvalue weighted by molar-refractivity contribution is 8.76. The van der Waals surface area contributed by atoms with Crippen molar-refractivity contribution in [3.8, 4) is 0 Å². The van der Waals surface area contributed by atoms with Gasteiger partial charge in [0.25, 0.3) is 0 Å². The predicted octanol–water partition coefficient (Wildman–Crippen LogP) is 11.8. The highest BCUT2D eigenvalue weighted by Gasteiger charge is 2.38. The fourth-order valence-corrected chi connectivity index (χ4v) is 6.52. The topological polar surface area (TPSA) is 24.1 Å². The highest BCUT2D eigenvalue weighted by atomic mass is 33.1. The molecule has 0 saturated carbocycles. The third-order valence-electron chi connectivity index (χ3n) is 6.31. The Morgan fingerprint density at radius 3 is 0.978 bits per heavy atom. The number of anilines is 2. The molecule has 0 aliphatic carbocycles. The molecular formula is C30H20F12N2S2. The minimum absolute atomic E-state index is 0.0280. The van der Waals surface area contributed by atoms with Crippen molar-refractivity contribution in [1.82, 2.24) is 0 Å². The average molecular weight is 701 g/mol. The van der Waals surface area contributed by atoms with Crippen molar-refractivity contribution in [3.05, 3.63) is 118 Å². The van der Waals surface area contributed by atoms with Crippen LogP contribution < -0.4 is 10.6 Å². The van der Waals surface area contributed by atoms with Crippen LogP contribution in [0.15, 0.2) is 94.7 Å². The number of benzene rings is 4. The summed E-state index contributed by atoms with van der Waals surface area (Å²) in [6.45, 7) is -0.273. The van der Waals surface area contributed by atoms with Gasteiger partial charge in [-0.1, -0.05) is 58.0 Å². The fraction of sp³-hybridized carbons (Fsp3) is 0.200. The molecule has 0 radical (unpaired) electrons.